The molecule has 0 radical (unpaired) electrons. The van der Waals surface area contributed by atoms with E-state index < -0.39 is 23.1 Å². The zero-order valence-electron chi connectivity index (χ0n) is 24.2. The summed E-state index contributed by atoms with van der Waals surface area (Å²) in [6.45, 7) is 7.78. The number of Topliss-reactive ketones (excluding diaryl/α,β-unsaturated/α-hetero) is 1. The molecule has 0 aliphatic rings. The molecule has 0 fully saturated rings. The number of nitrogens with zero attached hydrogens (tertiary/aromatic N) is 1. The number of hydrogen-bond donors (Lipinski definition) is 2. The van der Waals surface area contributed by atoms with E-state index >= 15 is 0 Å². The molecule has 0 spiro atoms. The third-order valence-electron chi connectivity index (χ3n) is 6.38. The van der Waals surface area contributed by atoms with Crippen LogP contribution >= 0.6 is 11.6 Å². The lowest BCUT2D eigenvalue weighted by atomic mass is 9.97. The first-order chi connectivity index (χ1) is 19.4. The Bertz CT molecular complexity index is 1490. The zero-order chi connectivity index (χ0) is 30.3. The first-order valence-electron chi connectivity index (χ1n) is 13.2. The number of ether oxygens (including phenoxy) is 2. The lowest BCUT2D eigenvalue weighted by Gasteiger charge is -2.24. The van der Waals surface area contributed by atoms with Crippen LogP contribution in [-0.4, -0.2) is 48.9 Å². The number of aromatic nitrogens is 1. The molecule has 2 N–H and O–H groups in total. The van der Waals surface area contributed by atoms with Crippen LogP contribution in [0.1, 0.15) is 66.4 Å². The molecule has 10 heteroatoms. The molecule has 0 bridgehead atoms. The summed E-state index contributed by atoms with van der Waals surface area (Å²) in [4.78, 5) is 51.0. The van der Waals surface area contributed by atoms with Crippen LogP contribution in [0.15, 0.2) is 53.5 Å². The predicted octanol–water partition coefficient (Wildman–Crippen LogP) is 5.30. The number of nitrogens with one attached hydrogen (secondary N) is 2. The van der Waals surface area contributed by atoms with Gasteiger partial charge in [-0.1, -0.05) is 11.6 Å². The number of halogens is 1. The summed E-state index contributed by atoms with van der Waals surface area (Å²) in [5.41, 5.74) is 2.01. The summed E-state index contributed by atoms with van der Waals surface area (Å²) in [6.07, 6.45) is 2.42. The SMILES string of the molecule is CNCc1cc(NC(=O)C(CCOC(C)(C)C)n2cc(OC)c(-c3cc(Cl)ccc3C(C)=O)cc2=O)ccc1C=O. The van der Waals surface area contributed by atoms with Gasteiger partial charge in [-0.2, -0.15) is 0 Å². The molecule has 0 saturated carbocycles. The van der Waals surface area contributed by atoms with Crippen molar-refractivity contribution in [2.24, 2.45) is 0 Å². The highest BCUT2D eigenvalue weighted by molar-refractivity contribution is 6.31. The predicted molar refractivity (Wildman–Crippen MR) is 160 cm³/mol. The second-order valence-corrected chi connectivity index (χ2v) is 11.0. The Balaban J connectivity index is 2.07. The fourth-order valence-corrected chi connectivity index (χ4v) is 4.60. The Morgan fingerprint density at radius 1 is 1.10 bits per heavy atom. The van der Waals surface area contributed by atoms with E-state index in [-0.39, 0.29) is 24.6 Å². The number of pyridine rings is 1. The molecule has 0 aliphatic carbocycles. The van der Waals surface area contributed by atoms with E-state index in [1.54, 1.807) is 43.4 Å². The van der Waals surface area contributed by atoms with E-state index in [1.807, 2.05) is 20.8 Å². The number of ketones is 1. The second-order valence-electron chi connectivity index (χ2n) is 10.6. The third-order valence-corrected chi connectivity index (χ3v) is 6.62. The van der Waals surface area contributed by atoms with Gasteiger partial charge in [0, 0.05) is 53.0 Å². The van der Waals surface area contributed by atoms with Crippen LogP contribution in [0.25, 0.3) is 11.1 Å². The van der Waals surface area contributed by atoms with E-state index in [0.717, 1.165) is 11.8 Å². The van der Waals surface area contributed by atoms with Crippen molar-refractivity contribution in [3.8, 4) is 16.9 Å². The summed E-state index contributed by atoms with van der Waals surface area (Å²) < 4.78 is 12.8. The summed E-state index contributed by atoms with van der Waals surface area (Å²) >= 11 is 6.23. The van der Waals surface area contributed by atoms with Crippen LogP contribution in [0.5, 0.6) is 5.75 Å². The van der Waals surface area contributed by atoms with Crippen molar-refractivity contribution in [3.63, 3.8) is 0 Å². The number of hydrogen-bond acceptors (Lipinski definition) is 7. The Kier molecular flexibility index (Phi) is 10.6. The Hall–Kier alpha value is -3.79. The second kappa shape index (κ2) is 13.7. The van der Waals surface area contributed by atoms with Crippen molar-refractivity contribution in [2.75, 3.05) is 26.1 Å². The van der Waals surface area contributed by atoms with Gasteiger partial charge in [-0.15, -0.1) is 0 Å². The first kappa shape index (κ1) is 31.7. The number of methoxy groups -OCH3 is 1. The average Bonchev–Trinajstić information content (AvgIpc) is 2.90. The molecule has 3 rings (SSSR count). The van der Waals surface area contributed by atoms with Gasteiger partial charge in [0.25, 0.3) is 5.56 Å². The Morgan fingerprint density at radius 2 is 1.83 bits per heavy atom. The maximum absolute atomic E-state index is 13.7. The Morgan fingerprint density at radius 3 is 2.44 bits per heavy atom. The molecule has 1 heterocycles. The highest BCUT2D eigenvalue weighted by Crippen LogP contribution is 2.34. The van der Waals surface area contributed by atoms with E-state index in [0.29, 0.717) is 39.5 Å². The van der Waals surface area contributed by atoms with Crippen molar-refractivity contribution < 1.29 is 23.9 Å². The van der Waals surface area contributed by atoms with E-state index in [4.69, 9.17) is 21.1 Å². The summed E-state index contributed by atoms with van der Waals surface area (Å²) in [7, 11) is 3.21. The van der Waals surface area contributed by atoms with E-state index in [9.17, 15) is 19.2 Å². The number of anilines is 1. The van der Waals surface area contributed by atoms with Gasteiger partial charge in [-0.25, -0.2) is 0 Å². The van der Waals surface area contributed by atoms with Gasteiger partial charge in [0.15, 0.2) is 5.78 Å². The van der Waals surface area contributed by atoms with Gasteiger partial charge in [-0.3, -0.25) is 23.7 Å². The van der Waals surface area contributed by atoms with Crippen LogP contribution < -0.4 is 20.9 Å². The third kappa shape index (κ3) is 8.13. The molecule has 1 amide bonds. The largest absolute Gasteiger partial charge is 0.495 e. The lowest BCUT2D eigenvalue weighted by molar-refractivity contribution is -0.120. The molecular formula is C31H36ClN3O6. The van der Waals surface area contributed by atoms with Gasteiger partial charge in [-0.05, 0) is 82.3 Å². The van der Waals surface area contributed by atoms with Gasteiger partial charge >= 0.3 is 0 Å². The van der Waals surface area contributed by atoms with Gasteiger partial charge < -0.3 is 20.1 Å². The standard InChI is InChI=1S/C31H36ClN3O6/c1-19(37)24-10-8-22(32)14-25(24)26-15-29(38)35(17-28(26)40-6)27(11-12-41-31(2,3)4)30(39)34-23-9-7-20(18-36)21(13-23)16-33-5/h7-10,13-15,17-18,27,33H,11-12,16H2,1-6H3,(H,34,39). The first-order valence-corrected chi connectivity index (χ1v) is 13.5. The summed E-state index contributed by atoms with van der Waals surface area (Å²) in [5, 5.41) is 6.28. The molecule has 1 aromatic heterocycles. The summed E-state index contributed by atoms with van der Waals surface area (Å²) in [5.74, 6) is -0.353. The molecule has 1 unspecified atom stereocenters. The highest BCUT2D eigenvalue weighted by atomic mass is 35.5. The van der Waals surface area contributed by atoms with Crippen LogP contribution in [0.3, 0.4) is 0 Å². The van der Waals surface area contributed by atoms with Crippen LogP contribution in [0, 0.1) is 0 Å². The molecule has 9 nitrogen and oxygen atoms in total. The van der Waals surface area contributed by atoms with Crippen molar-refractivity contribution in [1.82, 2.24) is 9.88 Å². The minimum absolute atomic E-state index is 0.192. The van der Waals surface area contributed by atoms with Crippen molar-refractivity contribution >= 4 is 35.3 Å². The molecule has 218 valence electrons. The topological polar surface area (TPSA) is 116 Å². The normalized spacial score (nSPS) is 12.1. The quantitative estimate of drug-likeness (QED) is 0.220. The number of benzene rings is 2. The monoisotopic (exact) mass is 581 g/mol. The number of amides is 1. The molecule has 1 atom stereocenters. The van der Waals surface area contributed by atoms with Crippen molar-refractivity contribution in [2.45, 2.75) is 52.3 Å². The zero-order valence-corrected chi connectivity index (χ0v) is 24.9. The van der Waals surface area contributed by atoms with Gasteiger partial charge in [0.05, 0.1) is 18.9 Å². The van der Waals surface area contributed by atoms with Crippen LogP contribution in [0.2, 0.25) is 5.02 Å². The molecule has 0 saturated heterocycles. The number of carbonyl (C=O) groups is 3. The fourth-order valence-electron chi connectivity index (χ4n) is 4.43. The Labute approximate surface area is 244 Å². The average molecular weight is 582 g/mol. The number of carbonyl (C=O) groups excluding carboxylic acids is 3. The van der Waals surface area contributed by atoms with Crippen molar-refractivity contribution in [1.29, 1.82) is 0 Å². The molecule has 0 aliphatic heterocycles. The number of rotatable bonds is 12. The smallest absolute Gasteiger partial charge is 0.252 e. The van der Waals surface area contributed by atoms with Gasteiger partial charge in [0.1, 0.15) is 18.1 Å². The van der Waals surface area contributed by atoms with Crippen LogP contribution in [-0.2, 0) is 16.1 Å². The minimum atomic E-state index is -0.960. The van der Waals surface area contributed by atoms with Crippen molar-refractivity contribution in [3.05, 3.63) is 80.7 Å². The maximum Gasteiger partial charge on any atom is 0.252 e. The van der Waals surface area contributed by atoms with E-state index in [1.165, 1.54) is 30.9 Å². The number of aldehydes is 1. The lowest BCUT2D eigenvalue weighted by Crippen LogP contribution is -2.34. The van der Waals surface area contributed by atoms with Gasteiger partial charge in [0.2, 0.25) is 5.91 Å². The van der Waals surface area contributed by atoms with Crippen LogP contribution in [0.4, 0.5) is 5.69 Å². The maximum atomic E-state index is 13.7. The summed E-state index contributed by atoms with van der Waals surface area (Å²) in [6, 6.07) is 10.2. The molecule has 2 aromatic carbocycles. The molecular weight excluding hydrogens is 546 g/mol. The fraction of sp³-hybridized carbons (Fsp3) is 0.355. The minimum Gasteiger partial charge on any atom is -0.495 e. The molecule has 3 aromatic rings. The molecule has 41 heavy (non-hydrogen) atoms. The van der Waals surface area contributed by atoms with E-state index in [2.05, 4.69) is 10.6 Å². The highest BCUT2D eigenvalue weighted by Gasteiger charge is 2.26.